The summed E-state index contributed by atoms with van der Waals surface area (Å²) in [6.07, 6.45) is 27.8. The number of hydrogen-bond acceptors (Lipinski definition) is 1. The molecule has 0 radical (unpaired) electrons. The zero-order valence-corrected chi connectivity index (χ0v) is 12.0. The molecule has 0 aromatic rings. The number of aldehydes is 1. The Balaban J connectivity index is 3.42. The van der Waals surface area contributed by atoms with E-state index in [1.54, 1.807) is 6.08 Å². The second-order valence-corrected chi connectivity index (χ2v) is 4.14. The van der Waals surface area contributed by atoms with Crippen LogP contribution in [0.25, 0.3) is 0 Å². The molecule has 0 bridgehead atoms. The zero-order valence-electron chi connectivity index (χ0n) is 12.0. The van der Waals surface area contributed by atoms with E-state index in [2.05, 4.69) is 55.5 Å². The molecule has 0 spiro atoms. The Bertz CT molecular complexity index is 330. The lowest BCUT2D eigenvalue weighted by Gasteiger charge is -1.86. The largest absolute Gasteiger partial charge is 0.299 e. The van der Waals surface area contributed by atoms with E-state index >= 15 is 0 Å². The first-order valence-corrected chi connectivity index (χ1v) is 7.12. The van der Waals surface area contributed by atoms with E-state index < -0.39 is 0 Å². The molecule has 19 heavy (non-hydrogen) atoms. The fourth-order valence-electron chi connectivity index (χ4n) is 1.44. The monoisotopic (exact) mass is 258 g/mol. The number of unbranched alkanes of at least 4 members (excludes halogenated alkanes) is 1. The highest BCUT2D eigenvalue weighted by atomic mass is 16.1. The van der Waals surface area contributed by atoms with Gasteiger partial charge in [-0.25, -0.2) is 0 Å². The Kier molecular flexibility index (Phi) is 15.0. The maximum absolute atomic E-state index is 10.0. The van der Waals surface area contributed by atoms with Gasteiger partial charge in [0.1, 0.15) is 6.29 Å². The number of allylic oxidation sites excluding steroid dienone is 10. The standard InChI is InChI=1S/C18H26O/c1-2-3-4-5-6-7-8-9-10-11-12-13-14-15-16-17-18-19/h3-4,6-7,9-10,12-13,16-18H,2,5,8,11,14-15H2,1H3/b4-3-,7-6-,10-9-,13-12-,17-16+. The van der Waals surface area contributed by atoms with Crippen LogP contribution in [0.1, 0.15) is 45.4 Å². The van der Waals surface area contributed by atoms with Crippen LogP contribution < -0.4 is 0 Å². The van der Waals surface area contributed by atoms with E-state index in [9.17, 15) is 4.79 Å². The van der Waals surface area contributed by atoms with Crippen molar-refractivity contribution in [2.24, 2.45) is 0 Å². The van der Waals surface area contributed by atoms with Crippen molar-refractivity contribution in [3.8, 4) is 0 Å². The maximum atomic E-state index is 10.0. The summed E-state index contributed by atoms with van der Waals surface area (Å²) in [7, 11) is 0. The van der Waals surface area contributed by atoms with Gasteiger partial charge in [0.2, 0.25) is 0 Å². The predicted octanol–water partition coefficient (Wildman–Crippen LogP) is 5.33. The van der Waals surface area contributed by atoms with Crippen molar-refractivity contribution in [1.82, 2.24) is 0 Å². The summed E-state index contributed by atoms with van der Waals surface area (Å²) in [4.78, 5) is 10.0. The summed E-state index contributed by atoms with van der Waals surface area (Å²) >= 11 is 0. The van der Waals surface area contributed by atoms with E-state index in [1.807, 2.05) is 6.08 Å². The van der Waals surface area contributed by atoms with E-state index in [4.69, 9.17) is 0 Å². The van der Waals surface area contributed by atoms with Crippen LogP contribution in [0, 0.1) is 0 Å². The minimum atomic E-state index is 0.817. The lowest BCUT2D eigenvalue weighted by molar-refractivity contribution is -0.104. The summed E-state index contributed by atoms with van der Waals surface area (Å²) in [5, 5.41) is 0. The normalized spacial score (nSPS) is 12.9. The summed E-state index contributed by atoms with van der Waals surface area (Å²) in [5.41, 5.74) is 0. The molecule has 104 valence electrons. The molecule has 0 heterocycles. The SMILES string of the molecule is CC/C=C\C/C=C\C/C=C\C/C=C\CC/C=C/C=O. The van der Waals surface area contributed by atoms with Gasteiger partial charge in [-0.15, -0.1) is 0 Å². The Morgan fingerprint density at radius 1 is 0.632 bits per heavy atom. The van der Waals surface area contributed by atoms with Gasteiger partial charge in [0, 0.05) is 0 Å². The first-order valence-electron chi connectivity index (χ1n) is 7.12. The van der Waals surface area contributed by atoms with Gasteiger partial charge in [0.15, 0.2) is 0 Å². The fourth-order valence-corrected chi connectivity index (χ4v) is 1.44. The van der Waals surface area contributed by atoms with Crippen molar-refractivity contribution in [1.29, 1.82) is 0 Å². The van der Waals surface area contributed by atoms with Crippen molar-refractivity contribution >= 4 is 6.29 Å². The number of carbonyl (C=O) groups is 1. The van der Waals surface area contributed by atoms with Crippen LogP contribution in [0.2, 0.25) is 0 Å². The molecular formula is C18H26O. The topological polar surface area (TPSA) is 17.1 Å². The van der Waals surface area contributed by atoms with Gasteiger partial charge in [-0.3, -0.25) is 4.79 Å². The third-order valence-electron chi connectivity index (χ3n) is 2.43. The van der Waals surface area contributed by atoms with Gasteiger partial charge in [-0.05, 0) is 44.6 Å². The van der Waals surface area contributed by atoms with E-state index in [-0.39, 0.29) is 0 Å². The summed E-state index contributed by atoms with van der Waals surface area (Å²) in [6, 6.07) is 0. The first-order chi connectivity index (χ1) is 9.41. The molecule has 0 aliphatic heterocycles. The zero-order chi connectivity index (χ0) is 14.0. The van der Waals surface area contributed by atoms with Gasteiger partial charge in [0.25, 0.3) is 0 Å². The van der Waals surface area contributed by atoms with Crippen LogP contribution in [0.15, 0.2) is 60.8 Å². The summed E-state index contributed by atoms with van der Waals surface area (Å²) in [5.74, 6) is 0. The van der Waals surface area contributed by atoms with Crippen LogP contribution >= 0.6 is 0 Å². The van der Waals surface area contributed by atoms with Gasteiger partial charge in [-0.2, -0.15) is 0 Å². The highest BCUT2D eigenvalue weighted by molar-refractivity contribution is 5.64. The van der Waals surface area contributed by atoms with Crippen molar-refractivity contribution < 1.29 is 4.79 Å². The predicted molar refractivity (Wildman–Crippen MR) is 85.1 cm³/mol. The second kappa shape index (κ2) is 16.4. The quantitative estimate of drug-likeness (QED) is 0.212. The van der Waals surface area contributed by atoms with Crippen molar-refractivity contribution in [2.75, 3.05) is 0 Å². The number of hydrogen-bond donors (Lipinski definition) is 0. The van der Waals surface area contributed by atoms with Gasteiger partial charge >= 0.3 is 0 Å². The highest BCUT2D eigenvalue weighted by Crippen LogP contribution is 1.96. The van der Waals surface area contributed by atoms with E-state index in [0.717, 1.165) is 44.8 Å². The van der Waals surface area contributed by atoms with Crippen molar-refractivity contribution in [2.45, 2.75) is 45.4 Å². The average molecular weight is 258 g/mol. The highest BCUT2D eigenvalue weighted by Gasteiger charge is 1.77. The van der Waals surface area contributed by atoms with E-state index in [1.165, 1.54) is 0 Å². The second-order valence-electron chi connectivity index (χ2n) is 4.14. The molecule has 0 fully saturated rings. The van der Waals surface area contributed by atoms with Crippen LogP contribution in [-0.4, -0.2) is 6.29 Å². The smallest absolute Gasteiger partial charge is 0.142 e. The van der Waals surface area contributed by atoms with Gasteiger partial charge in [0.05, 0.1) is 0 Å². The molecule has 0 saturated heterocycles. The number of carbonyl (C=O) groups excluding carboxylic acids is 1. The summed E-state index contributed by atoms with van der Waals surface area (Å²) < 4.78 is 0. The molecule has 0 N–H and O–H groups in total. The van der Waals surface area contributed by atoms with Crippen molar-refractivity contribution in [3.05, 3.63) is 60.8 Å². The summed E-state index contributed by atoms with van der Waals surface area (Å²) in [6.45, 7) is 2.15. The molecular weight excluding hydrogens is 232 g/mol. The lowest BCUT2D eigenvalue weighted by Crippen LogP contribution is -1.67. The lowest BCUT2D eigenvalue weighted by atomic mass is 10.2. The number of rotatable bonds is 11. The van der Waals surface area contributed by atoms with Crippen LogP contribution in [0.5, 0.6) is 0 Å². The van der Waals surface area contributed by atoms with Crippen LogP contribution in [-0.2, 0) is 4.79 Å². The molecule has 0 unspecified atom stereocenters. The molecule has 0 atom stereocenters. The molecule has 0 aromatic carbocycles. The fraction of sp³-hybridized carbons (Fsp3) is 0.389. The molecule has 1 nitrogen and oxygen atoms in total. The van der Waals surface area contributed by atoms with Gasteiger partial charge < -0.3 is 0 Å². The Morgan fingerprint density at radius 3 is 1.63 bits per heavy atom. The van der Waals surface area contributed by atoms with Crippen molar-refractivity contribution in [3.63, 3.8) is 0 Å². The minimum Gasteiger partial charge on any atom is -0.299 e. The third-order valence-corrected chi connectivity index (χ3v) is 2.43. The Hall–Kier alpha value is -1.63. The third kappa shape index (κ3) is 16.4. The molecule has 0 aromatic heterocycles. The molecule has 0 saturated carbocycles. The molecule has 0 amide bonds. The Morgan fingerprint density at radius 2 is 1.11 bits per heavy atom. The van der Waals surface area contributed by atoms with Crippen LogP contribution in [0.3, 0.4) is 0 Å². The van der Waals surface area contributed by atoms with Gasteiger partial charge in [-0.1, -0.05) is 61.6 Å². The molecule has 1 heteroatoms. The molecule has 0 aliphatic rings. The Labute approximate surface area is 118 Å². The molecule has 0 rings (SSSR count). The first kappa shape index (κ1) is 17.4. The van der Waals surface area contributed by atoms with Crippen LogP contribution in [0.4, 0.5) is 0 Å². The molecule has 0 aliphatic carbocycles. The maximum Gasteiger partial charge on any atom is 0.142 e. The average Bonchev–Trinajstić information content (AvgIpc) is 2.43. The minimum absolute atomic E-state index is 0.817. The van der Waals surface area contributed by atoms with E-state index in [0.29, 0.717) is 0 Å².